The molecule has 3 unspecified atom stereocenters. The van der Waals surface area contributed by atoms with Gasteiger partial charge in [0.05, 0.1) is 0 Å². The highest BCUT2D eigenvalue weighted by Gasteiger charge is 2.62. The summed E-state index contributed by atoms with van der Waals surface area (Å²) in [6.07, 6.45) is -1.07. The van der Waals surface area contributed by atoms with Crippen LogP contribution in [0.2, 0.25) is 0 Å². The fourth-order valence-electron chi connectivity index (χ4n) is 3.45. The number of halogens is 2. The minimum atomic E-state index is -2.75. The minimum absolute atomic E-state index is 0.219. The molecule has 3 nitrogen and oxygen atoms in total. The standard InChI is InChI=1S/C18H22F2O3/c1-16(2,3)15-22-14(21)18(23-15,12-7-5-4-6-8-12)13-9-10-17(19,20)11-13/h4-8,13,15H,9-11H2,1-3H3. The van der Waals surface area contributed by atoms with Gasteiger partial charge in [-0.1, -0.05) is 51.1 Å². The molecule has 3 rings (SSSR count). The number of alkyl halides is 2. The summed E-state index contributed by atoms with van der Waals surface area (Å²) in [6, 6.07) is 8.89. The van der Waals surface area contributed by atoms with E-state index in [1.54, 1.807) is 24.3 Å². The number of esters is 1. The van der Waals surface area contributed by atoms with Gasteiger partial charge in [0, 0.05) is 24.2 Å². The second kappa shape index (κ2) is 5.26. The fraction of sp³-hybridized carbons (Fsp3) is 0.611. The van der Waals surface area contributed by atoms with E-state index < -0.39 is 35.1 Å². The first kappa shape index (κ1) is 16.4. The van der Waals surface area contributed by atoms with E-state index in [0.29, 0.717) is 5.56 Å². The molecule has 1 aromatic rings. The smallest absolute Gasteiger partial charge is 0.345 e. The SMILES string of the molecule is CC(C)(C)C1OC(=O)C(c2ccccc2)(C2CCC(F)(F)C2)O1. The van der Waals surface area contributed by atoms with Crippen molar-refractivity contribution in [1.29, 1.82) is 0 Å². The molecule has 1 aliphatic carbocycles. The van der Waals surface area contributed by atoms with Crippen molar-refractivity contribution in [2.75, 3.05) is 0 Å². The molecule has 126 valence electrons. The summed E-state index contributed by atoms with van der Waals surface area (Å²) in [4.78, 5) is 12.8. The molecule has 1 aliphatic heterocycles. The Morgan fingerprint density at radius 1 is 1.17 bits per heavy atom. The van der Waals surface area contributed by atoms with Crippen LogP contribution >= 0.6 is 0 Å². The lowest BCUT2D eigenvalue weighted by molar-refractivity contribution is -0.163. The van der Waals surface area contributed by atoms with Crippen LogP contribution in [0.5, 0.6) is 0 Å². The molecule has 23 heavy (non-hydrogen) atoms. The van der Waals surface area contributed by atoms with E-state index in [1.807, 2.05) is 26.8 Å². The number of carbonyl (C=O) groups excluding carboxylic acids is 1. The molecule has 0 spiro atoms. The van der Waals surface area contributed by atoms with Crippen LogP contribution in [0.3, 0.4) is 0 Å². The molecule has 0 aromatic heterocycles. The summed E-state index contributed by atoms with van der Waals surface area (Å²) in [5.41, 5.74) is -1.26. The fourth-order valence-corrected chi connectivity index (χ4v) is 3.45. The first-order chi connectivity index (χ1) is 10.7. The van der Waals surface area contributed by atoms with Gasteiger partial charge < -0.3 is 9.47 Å². The molecule has 3 atom stereocenters. The topological polar surface area (TPSA) is 35.5 Å². The van der Waals surface area contributed by atoms with Crippen molar-refractivity contribution < 1.29 is 23.0 Å². The molecule has 0 bridgehead atoms. The maximum absolute atomic E-state index is 13.8. The third-order valence-corrected chi connectivity index (χ3v) is 4.70. The van der Waals surface area contributed by atoms with E-state index in [2.05, 4.69) is 0 Å². The number of hydrogen-bond donors (Lipinski definition) is 0. The molecule has 2 fully saturated rings. The number of ether oxygens (including phenoxy) is 2. The van der Waals surface area contributed by atoms with Crippen LogP contribution in [0, 0.1) is 11.3 Å². The Hall–Kier alpha value is -1.49. The van der Waals surface area contributed by atoms with Crippen LogP contribution in [0.15, 0.2) is 30.3 Å². The Balaban J connectivity index is 2.04. The third-order valence-electron chi connectivity index (χ3n) is 4.70. The summed E-state index contributed by atoms with van der Waals surface area (Å²) in [7, 11) is 0. The van der Waals surface area contributed by atoms with Gasteiger partial charge in [0.25, 0.3) is 0 Å². The molecule has 1 saturated carbocycles. The molecule has 0 radical (unpaired) electrons. The second-order valence-corrected chi connectivity index (χ2v) is 7.62. The molecule has 0 amide bonds. The van der Waals surface area contributed by atoms with Gasteiger partial charge in [-0.3, -0.25) is 0 Å². The Morgan fingerprint density at radius 3 is 2.30 bits per heavy atom. The Kier molecular flexibility index (Phi) is 3.75. The van der Waals surface area contributed by atoms with Crippen molar-refractivity contribution in [3.63, 3.8) is 0 Å². The van der Waals surface area contributed by atoms with Crippen LogP contribution in [0.1, 0.15) is 45.6 Å². The number of benzene rings is 1. The molecule has 1 aromatic carbocycles. The number of rotatable bonds is 2. The van der Waals surface area contributed by atoms with Crippen molar-refractivity contribution in [1.82, 2.24) is 0 Å². The molecule has 0 N–H and O–H groups in total. The van der Waals surface area contributed by atoms with E-state index in [4.69, 9.17) is 9.47 Å². The molecule has 1 saturated heterocycles. The monoisotopic (exact) mass is 324 g/mol. The van der Waals surface area contributed by atoms with Crippen molar-refractivity contribution >= 4 is 5.97 Å². The number of cyclic esters (lactones) is 1. The average Bonchev–Trinajstić information content (AvgIpc) is 3.00. The summed E-state index contributed by atoms with van der Waals surface area (Å²) in [6.45, 7) is 5.69. The number of hydrogen-bond acceptors (Lipinski definition) is 3. The lowest BCUT2D eigenvalue weighted by atomic mass is 9.80. The van der Waals surface area contributed by atoms with Crippen molar-refractivity contribution in [3.05, 3.63) is 35.9 Å². The molecule has 5 heteroatoms. The molecular formula is C18H22F2O3. The Bertz CT molecular complexity index is 594. The summed E-state index contributed by atoms with van der Waals surface area (Å²) in [5.74, 6) is -3.89. The first-order valence-electron chi connectivity index (χ1n) is 7.97. The molecule has 2 aliphatic rings. The summed E-state index contributed by atoms with van der Waals surface area (Å²) >= 11 is 0. The van der Waals surface area contributed by atoms with Crippen molar-refractivity contribution in [2.45, 2.75) is 57.8 Å². The minimum Gasteiger partial charge on any atom is -0.433 e. The van der Waals surface area contributed by atoms with Gasteiger partial charge >= 0.3 is 5.97 Å². The Labute approximate surface area is 135 Å². The average molecular weight is 324 g/mol. The van der Waals surface area contributed by atoms with Gasteiger partial charge in [0.15, 0.2) is 5.60 Å². The lowest BCUT2D eigenvalue weighted by Gasteiger charge is -2.33. The molecule has 1 heterocycles. The second-order valence-electron chi connectivity index (χ2n) is 7.62. The largest absolute Gasteiger partial charge is 0.433 e. The highest BCUT2D eigenvalue weighted by atomic mass is 19.3. The van der Waals surface area contributed by atoms with Crippen LogP contribution < -0.4 is 0 Å². The quantitative estimate of drug-likeness (QED) is 0.762. The Morgan fingerprint density at radius 2 is 1.83 bits per heavy atom. The van der Waals surface area contributed by atoms with Crippen LogP contribution in [0.25, 0.3) is 0 Å². The zero-order valence-electron chi connectivity index (χ0n) is 13.6. The zero-order valence-corrected chi connectivity index (χ0v) is 13.6. The van der Waals surface area contributed by atoms with E-state index in [-0.39, 0.29) is 19.3 Å². The van der Waals surface area contributed by atoms with E-state index >= 15 is 0 Å². The van der Waals surface area contributed by atoms with Gasteiger partial charge in [-0.25, -0.2) is 13.6 Å². The summed E-state index contributed by atoms with van der Waals surface area (Å²) in [5, 5.41) is 0. The normalized spacial score (nSPS) is 33.7. The summed E-state index contributed by atoms with van der Waals surface area (Å²) < 4.78 is 39.1. The lowest BCUT2D eigenvalue weighted by Crippen LogP contribution is -2.42. The van der Waals surface area contributed by atoms with Gasteiger partial charge in [-0.05, 0) is 12.0 Å². The maximum Gasteiger partial charge on any atom is 0.345 e. The van der Waals surface area contributed by atoms with Gasteiger partial charge in [0.1, 0.15) is 0 Å². The highest BCUT2D eigenvalue weighted by molar-refractivity contribution is 5.83. The molecular weight excluding hydrogens is 302 g/mol. The van der Waals surface area contributed by atoms with Gasteiger partial charge in [-0.2, -0.15) is 0 Å². The van der Waals surface area contributed by atoms with E-state index in [9.17, 15) is 13.6 Å². The van der Waals surface area contributed by atoms with Crippen molar-refractivity contribution in [2.24, 2.45) is 11.3 Å². The van der Waals surface area contributed by atoms with Gasteiger partial charge in [-0.15, -0.1) is 0 Å². The third kappa shape index (κ3) is 2.75. The van der Waals surface area contributed by atoms with Gasteiger partial charge in [0.2, 0.25) is 12.2 Å². The van der Waals surface area contributed by atoms with E-state index in [0.717, 1.165) is 0 Å². The number of carbonyl (C=O) groups is 1. The maximum atomic E-state index is 13.8. The predicted octanol–water partition coefficient (Wildman–Crippen LogP) is 4.26. The van der Waals surface area contributed by atoms with Crippen LogP contribution in [-0.2, 0) is 19.9 Å². The van der Waals surface area contributed by atoms with Crippen LogP contribution in [-0.4, -0.2) is 18.2 Å². The highest BCUT2D eigenvalue weighted by Crippen LogP contribution is 2.53. The van der Waals surface area contributed by atoms with Crippen molar-refractivity contribution in [3.8, 4) is 0 Å². The van der Waals surface area contributed by atoms with Crippen LogP contribution in [0.4, 0.5) is 8.78 Å². The first-order valence-corrected chi connectivity index (χ1v) is 7.97. The van der Waals surface area contributed by atoms with E-state index in [1.165, 1.54) is 0 Å². The zero-order chi connectivity index (χ0) is 16.9. The predicted molar refractivity (Wildman–Crippen MR) is 80.8 cm³/mol.